The molecule has 0 aliphatic rings. The zero-order chi connectivity index (χ0) is 19.2. The number of ether oxygens (including phenoxy) is 1. The highest BCUT2D eigenvalue weighted by atomic mass is 16.5. The van der Waals surface area contributed by atoms with E-state index < -0.39 is 0 Å². The second-order valence-electron chi connectivity index (χ2n) is 6.44. The van der Waals surface area contributed by atoms with Crippen LogP contribution in [0.4, 0.5) is 0 Å². The molecule has 0 bridgehead atoms. The van der Waals surface area contributed by atoms with Gasteiger partial charge in [-0.3, -0.25) is 4.79 Å². The third-order valence-corrected chi connectivity index (χ3v) is 4.55. The largest absolute Gasteiger partial charge is 0.504 e. The van der Waals surface area contributed by atoms with Crippen LogP contribution < -0.4 is 4.74 Å². The predicted molar refractivity (Wildman–Crippen MR) is 106 cm³/mol. The summed E-state index contributed by atoms with van der Waals surface area (Å²) in [5.74, 6) is 0.508. The molecule has 0 aliphatic carbocycles. The van der Waals surface area contributed by atoms with Crippen LogP contribution in [0.2, 0.25) is 0 Å². The predicted octanol–water partition coefficient (Wildman–Crippen LogP) is 3.98. The molecule has 27 heavy (non-hydrogen) atoms. The molecule has 5 heteroatoms. The summed E-state index contributed by atoms with van der Waals surface area (Å²) in [5, 5.41) is 20.0. The van der Waals surface area contributed by atoms with Gasteiger partial charge in [0.05, 0.1) is 13.7 Å². The van der Waals surface area contributed by atoms with Gasteiger partial charge in [0, 0.05) is 23.5 Å². The summed E-state index contributed by atoms with van der Waals surface area (Å²) in [7, 11) is 1.49. The number of phenolic OH excluding ortho intramolecular Hbond substituents is 1. The van der Waals surface area contributed by atoms with E-state index in [-0.39, 0.29) is 18.1 Å². The summed E-state index contributed by atoms with van der Waals surface area (Å²) in [6.45, 7) is 0.0197. The quantitative estimate of drug-likeness (QED) is 0.527. The van der Waals surface area contributed by atoms with Gasteiger partial charge in [-0.1, -0.05) is 18.2 Å². The van der Waals surface area contributed by atoms with E-state index in [2.05, 4.69) is 4.98 Å². The van der Waals surface area contributed by atoms with E-state index in [1.165, 1.54) is 7.11 Å². The van der Waals surface area contributed by atoms with E-state index in [9.17, 15) is 15.0 Å². The van der Waals surface area contributed by atoms with Gasteiger partial charge in [-0.25, -0.2) is 0 Å². The number of hydrogen-bond acceptors (Lipinski definition) is 4. The Labute approximate surface area is 157 Å². The van der Waals surface area contributed by atoms with Crippen molar-refractivity contribution in [3.05, 3.63) is 65.4 Å². The Hall–Kier alpha value is -3.05. The average molecular weight is 365 g/mol. The van der Waals surface area contributed by atoms with Gasteiger partial charge < -0.3 is 19.9 Å². The standard InChI is InChI=1S/C22H23NO4/c1-27-22-12-15(7-10-21(22)26)5-8-18(25)4-2-3-17-13-23-20-9-6-16(14-24)11-19(17)20/h5-13,23-24,26H,2-4,14H2,1H3/b8-5+. The fourth-order valence-corrected chi connectivity index (χ4v) is 3.05. The number of phenols is 1. The second-order valence-corrected chi connectivity index (χ2v) is 6.44. The molecule has 3 rings (SSSR count). The van der Waals surface area contributed by atoms with E-state index in [0.717, 1.165) is 40.4 Å². The number of aromatic hydroxyl groups is 1. The summed E-state index contributed by atoms with van der Waals surface area (Å²) in [6, 6.07) is 10.8. The maximum atomic E-state index is 12.1. The van der Waals surface area contributed by atoms with Crippen LogP contribution in [0.15, 0.2) is 48.7 Å². The Kier molecular flexibility index (Phi) is 5.94. The number of benzene rings is 2. The lowest BCUT2D eigenvalue weighted by atomic mass is 10.0. The van der Waals surface area contributed by atoms with Crippen molar-refractivity contribution >= 4 is 22.8 Å². The number of rotatable bonds is 8. The lowest BCUT2D eigenvalue weighted by Gasteiger charge is -2.03. The maximum Gasteiger partial charge on any atom is 0.161 e. The minimum atomic E-state index is 0.0197. The van der Waals surface area contributed by atoms with Gasteiger partial charge in [0.25, 0.3) is 0 Å². The zero-order valence-corrected chi connectivity index (χ0v) is 15.2. The van der Waals surface area contributed by atoms with Crippen LogP contribution in [0.5, 0.6) is 11.5 Å². The fraction of sp³-hybridized carbons (Fsp3) is 0.227. The molecule has 0 unspecified atom stereocenters. The average Bonchev–Trinajstić information content (AvgIpc) is 3.09. The summed E-state index contributed by atoms with van der Waals surface area (Å²) in [6.07, 6.45) is 7.25. The molecule has 0 fully saturated rings. The highest BCUT2D eigenvalue weighted by Gasteiger charge is 2.06. The molecule has 3 aromatic rings. The number of ketones is 1. The molecule has 3 N–H and O–H groups in total. The Morgan fingerprint density at radius 2 is 2.07 bits per heavy atom. The molecule has 140 valence electrons. The topological polar surface area (TPSA) is 82.6 Å². The number of aliphatic hydroxyl groups excluding tert-OH is 1. The van der Waals surface area contributed by atoms with Crippen molar-refractivity contribution in [2.45, 2.75) is 25.9 Å². The Morgan fingerprint density at radius 3 is 2.85 bits per heavy atom. The van der Waals surface area contributed by atoms with Crippen LogP contribution in [-0.2, 0) is 17.8 Å². The maximum absolute atomic E-state index is 12.1. The number of allylic oxidation sites excluding steroid dienone is 1. The number of aryl methyl sites for hydroxylation is 1. The smallest absolute Gasteiger partial charge is 0.161 e. The highest BCUT2D eigenvalue weighted by molar-refractivity contribution is 5.93. The van der Waals surface area contributed by atoms with Crippen molar-refractivity contribution in [1.29, 1.82) is 0 Å². The molecule has 1 aromatic heterocycles. The number of aromatic amines is 1. The number of aliphatic hydroxyl groups is 1. The highest BCUT2D eigenvalue weighted by Crippen LogP contribution is 2.27. The minimum Gasteiger partial charge on any atom is -0.504 e. The first kappa shape index (κ1) is 18.7. The molecule has 0 spiro atoms. The number of aromatic nitrogens is 1. The minimum absolute atomic E-state index is 0.0197. The van der Waals surface area contributed by atoms with Crippen LogP contribution in [-0.4, -0.2) is 28.1 Å². The van der Waals surface area contributed by atoms with E-state index in [0.29, 0.717) is 12.2 Å². The fourth-order valence-electron chi connectivity index (χ4n) is 3.05. The summed E-state index contributed by atoms with van der Waals surface area (Å²) in [5.41, 5.74) is 3.87. The molecule has 0 amide bonds. The SMILES string of the molecule is COc1cc(/C=C/C(=O)CCCc2c[nH]c3ccc(CO)cc23)ccc1O. The van der Waals surface area contributed by atoms with Gasteiger partial charge in [0.1, 0.15) is 0 Å². The van der Waals surface area contributed by atoms with Crippen molar-refractivity contribution in [2.75, 3.05) is 7.11 Å². The van der Waals surface area contributed by atoms with Gasteiger partial charge in [0.15, 0.2) is 17.3 Å². The first-order valence-electron chi connectivity index (χ1n) is 8.88. The first-order chi connectivity index (χ1) is 13.1. The molecular formula is C22H23NO4. The van der Waals surface area contributed by atoms with E-state index in [1.54, 1.807) is 30.4 Å². The van der Waals surface area contributed by atoms with Crippen molar-refractivity contribution < 1.29 is 19.7 Å². The lowest BCUT2D eigenvalue weighted by Crippen LogP contribution is -1.94. The van der Waals surface area contributed by atoms with Gasteiger partial charge in [-0.15, -0.1) is 0 Å². The van der Waals surface area contributed by atoms with E-state index >= 15 is 0 Å². The Morgan fingerprint density at radius 1 is 1.22 bits per heavy atom. The van der Waals surface area contributed by atoms with Crippen molar-refractivity contribution in [2.24, 2.45) is 0 Å². The molecule has 5 nitrogen and oxygen atoms in total. The van der Waals surface area contributed by atoms with E-state index in [4.69, 9.17) is 4.74 Å². The Bertz CT molecular complexity index is 972. The molecule has 0 aliphatic heterocycles. The molecule has 0 atom stereocenters. The number of fused-ring (bicyclic) bond motifs is 1. The van der Waals surface area contributed by atoms with Crippen LogP contribution in [0.3, 0.4) is 0 Å². The van der Waals surface area contributed by atoms with Crippen LogP contribution in [0.1, 0.15) is 29.5 Å². The van der Waals surface area contributed by atoms with Crippen molar-refractivity contribution in [3.8, 4) is 11.5 Å². The third kappa shape index (κ3) is 4.57. The van der Waals surface area contributed by atoms with E-state index in [1.807, 2.05) is 24.4 Å². The molecule has 2 aromatic carbocycles. The van der Waals surface area contributed by atoms with Crippen LogP contribution in [0, 0.1) is 0 Å². The summed E-state index contributed by atoms with van der Waals surface area (Å²) >= 11 is 0. The van der Waals surface area contributed by atoms with Crippen LogP contribution >= 0.6 is 0 Å². The third-order valence-electron chi connectivity index (χ3n) is 4.55. The molecular weight excluding hydrogens is 342 g/mol. The first-order valence-corrected chi connectivity index (χ1v) is 8.88. The number of carbonyl (C=O) groups is 1. The number of methoxy groups -OCH3 is 1. The summed E-state index contributed by atoms with van der Waals surface area (Å²) in [4.78, 5) is 15.3. The molecule has 0 saturated heterocycles. The molecule has 0 saturated carbocycles. The number of H-pyrrole nitrogens is 1. The zero-order valence-electron chi connectivity index (χ0n) is 15.2. The van der Waals surface area contributed by atoms with Gasteiger partial charge >= 0.3 is 0 Å². The second kappa shape index (κ2) is 8.56. The number of carbonyl (C=O) groups excluding carboxylic acids is 1. The number of hydrogen-bond donors (Lipinski definition) is 3. The van der Waals surface area contributed by atoms with Gasteiger partial charge in [-0.2, -0.15) is 0 Å². The molecule has 1 heterocycles. The lowest BCUT2D eigenvalue weighted by molar-refractivity contribution is -0.114. The van der Waals surface area contributed by atoms with Crippen molar-refractivity contribution in [3.63, 3.8) is 0 Å². The van der Waals surface area contributed by atoms with Crippen molar-refractivity contribution in [1.82, 2.24) is 4.98 Å². The van der Waals surface area contributed by atoms with Crippen LogP contribution in [0.25, 0.3) is 17.0 Å². The monoisotopic (exact) mass is 365 g/mol. The van der Waals surface area contributed by atoms with Gasteiger partial charge in [0.2, 0.25) is 0 Å². The molecule has 0 radical (unpaired) electrons. The Balaban J connectivity index is 1.57. The normalized spacial score (nSPS) is 11.3. The summed E-state index contributed by atoms with van der Waals surface area (Å²) < 4.78 is 5.06. The van der Waals surface area contributed by atoms with Gasteiger partial charge in [-0.05, 0) is 59.9 Å². The number of nitrogens with one attached hydrogen (secondary N) is 1.